The predicted octanol–water partition coefficient (Wildman–Crippen LogP) is 4.07. The van der Waals surface area contributed by atoms with E-state index >= 15 is 0 Å². The first-order valence-electron chi connectivity index (χ1n) is 11.2. The minimum atomic E-state index is -4.77. The Kier molecular flexibility index (Phi) is 4.97. The van der Waals surface area contributed by atoms with Crippen molar-refractivity contribution in [2.24, 2.45) is 17.8 Å². The number of aromatic nitrogens is 2. The van der Waals surface area contributed by atoms with Gasteiger partial charge in [-0.1, -0.05) is 0 Å². The number of piperidine rings is 1. The molecule has 1 N–H and O–H groups in total. The lowest BCUT2D eigenvalue weighted by atomic mass is 9.65. The number of fused-ring (bicyclic) bond motifs is 1. The van der Waals surface area contributed by atoms with Crippen LogP contribution in [-0.2, 0) is 11.0 Å². The third-order valence-electron chi connectivity index (χ3n) is 7.66. The molecule has 2 unspecified atom stereocenters. The number of alkyl halides is 3. The summed E-state index contributed by atoms with van der Waals surface area (Å²) in [5.74, 6) is 1.18. The van der Waals surface area contributed by atoms with Crippen LogP contribution in [0.2, 0.25) is 0 Å². The highest BCUT2D eigenvalue weighted by atomic mass is 19.4. The summed E-state index contributed by atoms with van der Waals surface area (Å²) < 4.78 is 41.5. The van der Waals surface area contributed by atoms with Gasteiger partial charge < -0.3 is 10.2 Å². The van der Waals surface area contributed by atoms with Crippen molar-refractivity contribution in [3.63, 3.8) is 0 Å². The molecule has 0 spiro atoms. The Bertz CT molecular complexity index is 879. The lowest BCUT2D eigenvalue weighted by molar-refractivity contribution is -0.141. The van der Waals surface area contributed by atoms with Gasteiger partial charge in [0.25, 0.3) is 5.91 Å². The standard InChI is InChI=1S/C22H27F3N4O2/c23-22(24,25)18-17(19(31)29-5-2-16(30)3-6-29)12-26-20(27-18)28-21-4-1-13-7-14(10-21)9-15(8-13)11-21/h12-15H,1-11H2,(H,26,27,28). The summed E-state index contributed by atoms with van der Waals surface area (Å²) in [5, 5.41) is 3.29. The van der Waals surface area contributed by atoms with Crippen molar-refractivity contribution in [2.45, 2.75) is 69.5 Å². The van der Waals surface area contributed by atoms with Crippen molar-refractivity contribution in [2.75, 3.05) is 18.4 Å². The van der Waals surface area contributed by atoms with Gasteiger partial charge >= 0.3 is 6.18 Å². The minimum absolute atomic E-state index is 0.0160. The number of Topliss-reactive ketones (excluding diaryl/α,β-unsaturated/α-hetero) is 1. The number of hydrogen-bond donors (Lipinski definition) is 1. The van der Waals surface area contributed by atoms with E-state index in [1.54, 1.807) is 0 Å². The minimum Gasteiger partial charge on any atom is -0.349 e. The Labute approximate surface area is 179 Å². The van der Waals surface area contributed by atoms with E-state index in [0.29, 0.717) is 11.8 Å². The van der Waals surface area contributed by atoms with Gasteiger partial charge in [0.1, 0.15) is 5.78 Å². The number of carbonyl (C=O) groups is 2. The molecule has 4 saturated carbocycles. The zero-order valence-corrected chi connectivity index (χ0v) is 17.4. The lowest BCUT2D eigenvalue weighted by Gasteiger charge is -2.45. The summed E-state index contributed by atoms with van der Waals surface area (Å²) in [7, 11) is 0. The van der Waals surface area contributed by atoms with Crippen molar-refractivity contribution in [3.8, 4) is 0 Å². The zero-order chi connectivity index (χ0) is 21.8. The van der Waals surface area contributed by atoms with Crippen LogP contribution in [0.5, 0.6) is 0 Å². The predicted molar refractivity (Wildman–Crippen MR) is 106 cm³/mol. The van der Waals surface area contributed by atoms with E-state index in [4.69, 9.17) is 0 Å². The molecule has 0 radical (unpaired) electrons. The highest BCUT2D eigenvalue weighted by Gasteiger charge is 2.48. The number of likely N-dealkylation sites (tertiary alicyclic amines) is 1. The van der Waals surface area contributed by atoms with Gasteiger partial charge in [0.15, 0.2) is 5.69 Å². The zero-order valence-electron chi connectivity index (χ0n) is 17.4. The van der Waals surface area contributed by atoms with E-state index in [1.165, 1.54) is 24.2 Å². The maximum absolute atomic E-state index is 13.8. The Morgan fingerprint density at radius 2 is 1.74 bits per heavy atom. The smallest absolute Gasteiger partial charge is 0.349 e. The normalized spacial score (nSPS) is 32.8. The van der Waals surface area contributed by atoms with Gasteiger partial charge in [-0.3, -0.25) is 9.59 Å². The Balaban J connectivity index is 1.42. The maximum Gasteiger partial charge on any atom is 0.434 e. The summed E-state index contributed by atoms with van der Waals surface area (Å²) in [6, 6.07) is 0. The molecule has 9 heteroatoms. The van der Waals surface area contributed by atoms with Crippen LogP contribution in [0.25, 0.3) is 0 Å². The lowest BCUT2D eigenvalue weighted by Crippen LogP contribution is -2.46. The molecule has 1 aromatic heterocycles. The van der Waals surface area contributed by atoms with Gasteiger partial charge in [-0.15, -0.1) is 0 Å². The molecule has 2 atom stereocenters. The molecule has 5 fully saturated rings. The number of nitrogens with one attached hydrogen (secondary N) is 1. The van der Waals surface area contributed by atoms with E-state index in [1.807, 2.05) is 0 Å². The van der Waals surface area contributed by atoms with E-state index in [0.717, 1.165) is 37.8 Å². The second-order valence-corrected chi connectivity index (χ2v) is 9.94. The molecule has 5 aliphatic rings. The summed E-state index contributed by atoms with van der Waals surface area (Å²) in [6.45, 7) is 0.254. The number of amides is 1. The van der Waals surface area contributed by atoms with Gasteiger partial charge in [0, 0.05) is 37.7 Å². The second kappa shape index (κ2) is 7.45. The van der Waals surface area contributed by atoms with Crippen LogP contribution in [0.3, 0.4) is 0 Å². The fourth-order valence-electron chi connectivity index (χ4n) is 6.49. The molecular weight excluding hydrogens is 409 g/mol. The van der Waals surface area contributed by atoms with Gasteiger partial charge in [-0.25, -0.2) is 9.97 Å². The Morgan fingerprint density at radius 3 is 2.39 bits per heavy atom. The average molecular weight is 436 g/mol. The van der Waals surface area contributed by atoms with Crippen LogP contribution in [0.4, 0.5) is 19.1 Å². The average Bonchev–Trinajstić information content (AvgIpc) is 2.90. The number of carbonyl (C=O) groups excluding carboxylic acids is 2. The number of hydrogen-bond acceptors (Lipinski definition) is 5. The van der Waals surface area contributed by atoms with Crippen LogP contribution in [-0.4, -0.2) is 45.2 Å². The second-order valence-electron chi connectivity index (χ2n) is 9.94. The first kappa shape index (κ1) is 20.7. The van der Waals surface area contributed by atoms with Gasteiger partial charge in [-0.05, 0) is 62.7 Å². The number of rotatable bonds is 3. The van der Waals surface area contributed by atoms with Crippen molar-refractivity contribution < 1.29 is 22.8 Å². The molecular formula is C22H27F3N4O2. The molecule has 1 amide bonds. The molecule has 0 aromatic carbocycles. The van der Waals surface area contributed by atoms with E-state index in [-0.39, 0.29) is 43.2 Å². The maximum atomic E-state index is 13.8. The summed E-state index contributed by atoms with van der Waals surface area (Å²) in [6.07, 6.45) is 4.16. The Morgan fingerprint density at radius 1 is 1.10 bits per heavy atom. The van der Waals surface area contributed by atoms with Crippen LogP contribution < -0.4 is 5.32 Å². The number of halogens is 3. The van der Waals surface area contributed by atoms with E-state index in [2.05, 4.69) is 15.3 Å². The van der Waals surface area contributed by atoms with Gasteiger partial charge in [0.05, 0.1) is 5.56 Å². The topological polar surface area (TPSA) is 75.2 Å². The monoisotopic (exact) mass is 436 g/mol. The Hall–Kier alpha value is -2.19. The summed E-state index contributed by atoms with van der Waals surface area (Å²) in [5.41, 5.74) is -2.00. The summed E-state index contributed by atoms with van der Waals surface area (Å²) in [4.78, 5) is 33.4. The molecule has 6 rings (SSSR count). The van der Waals surface area contributed by atoms with Gasteiger partial charge in [0.2, 0.25) is 5.95 Å². The molecule has 4 bridgehead atoms. The molecule has 4 aliphatic carbocycles. The fourth-order valence-corrected chi connectivity index (χ4v) is 6.49. The molecule has 6 nitrogen and oxygen atoms in total. The quantitative estimate of drug-likeness (QED) is 0.773. The molecule has 1 aliphatic heterocycles. The molecule has 1 saturated heterocycles. The number of ketones is 1. The van der Waals surface area contributed by atoms with Crippen molar-refractivity contribution in [1.82, 2.24) is 14.9 Å². The molecule has 168 valence electrons. The van der Waals surface area contributed by atoms with E-state index < -0.39 is 23.3 Å². The van der Waals surface area contributed by atoms with Crippen molar-refractivity contribution in [1.29, 1.82) is 0 Å². The van der Waals surface area contributed by atoms with Crippen molar-refractivity contribution in [3.05, 3.63) is 17.5 Å². The summed E-state index contributed by atoms with van der Waals surface area (Å²) >= 11 is 0. The largest absolute Gasteiger partial charge is 0.434 e. The first-order valence-corrected chi connectivity index (χ1v) is 11.2. The highest BCUT2D eigenvalue weighted by molar-refractivity contribution is 5.96. The fraction of sp³-hybridized carbons (Fsp3) is 0.727. The van der Waals surface area contributed by atoms with Crippen LogP contribution >= 0.6 is 0 Å². The molecule has 31 heavy (non-hydrogen) atoms. The highest BCUT2D eigenvalue weighted by Crippen LogP contribution is 2.53. The van der Waals surface area contributed by atoms with Gasteiger partial charge in [-0.2, -0.15) is 13.2 Å². The number of nitrogens with zero attached hydrogens (tertiary/aromatic N) is 3. The third kappa shape index (κ3) is 4.03. The van der Waals surface area contributed by atoms with Crippen LogP contribution in [0.1, 0.15) is 73.8 Å². The van der Waals surface area contributed by atoms with Crippen molar-refractivity contribution >= 4 is 17.6 Å². The third-order valence-corrected chi connectivity index (χ3v) is 7.66. The van der Waals surface area contributed by atoms with Crippen LogP contribution in [0.15, 0.2) is 6.20 Å². The number of anilines is 1. The first-order chi connectivity index (χ1) is 14.7. The SMILES string of the molecule is O=C1CCN(C(=O)c2cnc(NC34CCC5CC(CC(C5)C3)C4)nc2C(F)(F)F)CC1. The molecule has 2 heterocycles. The van der Waals surface area contributed by atoms with Crippen LogP contribution in [0, 0.1) is 17.8 Å². The molecule has 1 aromatic rings. The van der Waals surface area contributed by atoms with E-state index in [9.17, 15) is 22.8 Å².